The number of piperidine rings is 1. The average molecular weight is 565 g/mol. The Morgan fingerprint density at radius 2 is 1.50 bits per heavy atom. The number of carbonyl (C=O) groups excluding carboxylic acids is 2. The van der Waals surface area contributed by atoms with Crippen molar-refractivity contribution in [2.45, 2.75) is 31.8 Å². The van der Waals surface area contributed by atoms with Crippen LogP contribution in [-0.4, -0.2) is 61.7 Å². The van der Waals surface area contributed by atoms with E-state index >= 15 is 0 Å². The van der Waals surface area contributed by atoms with E-state index in [0.717, 1.165) is 22.4 Å². The number of carbonyl (C=O) groups is 3. The lowest BCUT2D eigenvalue weighted by Crippen LogP contribution is -2.57. The van der Waals surface area contributed by atoms with Gasteiger partial charge in [-0.3, -0.25) is 14.7 Å². The summed E-state index contributed by atoms with van der Waals surface area (Å²) in [7, 11) is 0. The SMILES string of the molecule is Cc1cccnc1CN1CCC2(CC1)C(=O)N(c1ccc(-c3ccc(OC(=O)O)cc3)cc1)C(=O)N2c1ncccn1. The minimum absolute atomic E-state index is 0.202. The summed E-state index contributed by atoms with van der Waals surface area (Å²) in [6.45, 7) is 3.91. The Morgan fingerprint density at radius 3 is 2.12 bits per heavy atom. The summed E-state index contributed by atoms with van der Waals surface area (Å²) in [6.07, 6.45) is 4.40. The summed E-state index contributed by atoms with van der Waals surface area (Å²) in [5.41, 5.74) is 3.11. The van der Waals surface area contributed by atoms with Gasteiger partial charge >= 0.3 is 12.2 Å². The Hall–Kier alpha value is -5.16. The fourth-order valence-corrected chi connectivity index (χ4v) is 5.62. The number of hydrogen-bond donors (Lipinski definition) is 1. The monoisotopic (exact) mass is 564 g/mol. The Bertz CT molecular complexity index is 1620. The van der Waals surface area contributed by atoms with Gasteiger partial charge in [0.2, 0.25) is 5.95 Å². The number of urea groups is 1. The Labute approximate surface area is 242 Å². The maximum absolute atomic E-state index is 14.2. The Morgan fingerprint density at radius 1 is 0.881 bits per heavy atom. The van der Waals surface area contributed by atoms with Crippen LogP contribution < -0.4 is 14.5 Å². The average Bonchev–Trinajstić information content (AvgIpc) is 3.21. The molecule has 6 rings (SSSR count). The Kier molecular flexibility index (Phi) is 7.09. The van der Waals surface area contributed by atoms with E-state index in [9.17, 15) is 14.4 Å². The van der Waals surface area contributed by atoms with Crippen molar-refractivity contribution >= 4 is 29.7 Å². The first-order valence-electron chi connectivity index (χ1n) is 13.6. The molecule has 3 amide bonds. The van der Waals surface area contributed by atoms with Gasteiger partial charge in [0.1, 0.15) is 11.3 Å². The molecule has 0 unspecified atom stereocenters. The summed E-state index contributed by atoms with van der Waals surface area (Å²) >= 11 is 0. The molecule has 0 radical (unpaired) electrons. The summed E-state index contributed by atoms with van der Waals surface area (Å²) < 4.78 is 4.67. The third-order valence-corrected chi connectivity index (χ3v) is 7.86. The molecule has 2 aromatic carbocycles. The zero-order chi connectivity index (χ0) is 29.3. The molecule has 2 aliphatic rings. The van der Waals surface area contributed by atoms with E-state index in [2.05, 4.69) is 24.6 Å². The first-order chi connectivity index (χ1) is 20.4. The van der Waals surface area contributed by atoms with Gasteiger partial charge in [0.25, 0.3) is 5.91 Å². The first kappa shape index (κ1) is 27.0. The van der Waals surface area contributed by atoms with Gasteiger partial charge in [0.05, 0.1) is 11.4 Å². The molecule has 2 aliphatic heterocycles. The molecule has 4 heterocycles. The number of aromatic nitrogens is 3. The summed E-state index contributed by atoms with van der Waals surface area (Å²) in [6, 6.07) is 18.8. The minimum atomic E-state index is -1.38. The van der Waals surface area contributed by atoms with Gasteiger partial charge in [-0.2, -0.15) is 0 Å². The highest BCUT2D eigenvalue weighted by molar-refractivity contribution is 6.30. The highest BCUT2D eigenvalue weighted by Crippen LogP contribution is 2.41. The van der Waals surface area contributed by atoms with Crippen LogP contribution in [0.1, 0.15) is 24.1 Å². The molecule has 42 heavy (non-hydrogen) atoms. The van der Waals surface area contributed by atoms with E-state index in [0.29, 0.717) is 38.2 Å². The van der Waals surface area contributed by atoms with Crippen LogP contribution in [0.5, 0.6) is 5.75 Å². The van der Waals surface area contributed by atoms with E-state index < -0.39 is 17.7 Å². The second-order valence-electron chi connectivity index (χ2n) is 10.3. The van der Waals surface area contributed by atoms with E-state index in [4.69, 9.17) is 5.11 Å². The van der Waals surface area contributed by atoms with Crippen LogP contribution in [0.2, 0.25) is 0 Å². The molecule has 2 fully saturated rings. The summed E-state index contributed by atoms with van der Waals surface area (Å²) in [5.74, 6) is 0.120. The minimum Gasteiger partial charge on any atom is -0.449 e. The molecular weight excluding hydrogens is 536 g/mol. The zero-order valence-electron chi connectivity index (χ0n) is 22.9. The highest BCUT2D eigenvalue weighted by atomic mass is 16.7. The zero-order valence-corrected chi connectivity index (χ0v) is 22.9. The molecule has 0 atom stereocenters. The number of aryl methyl sites for hydroxylation is 1. The number of pyridine rings is 1. The largest absolute Gasteiger partial charge is 0.511 e. The third-order valence-electron chi connectivity index (χ3n) is 7.86. The molecule has 1 spiro atoms. The molecule has 2 aromatic heterocycles. The van der Waals surface area contributed by atoms with Crippen molar-refractivity contribution in [1.82, 2.24) is 19.9 Å². The maximum Gasteiger partial charge on any atom is 0.511 e. The molecule has 0 aliphatic carbocycles. The van der Waals surface area contributed by atoms with E-state index in [-0.39, 0.29) is 17.6 Å². The van der Waals surface area contributed by atoms with Crippen molar-refractivity contribution < 1.29 is 24.2 Å². The molecule has 212 valence electrons. The van der Waals surface area contributed by atoms with Crippen LogP contribution in [0.25, 0.3) is 11.1 Å². The number of benzene rings is 2. The fourth-order valence-electron chi connectivity index (χ4n) is 5.62. The van der Waals surface area contributed by atoms with Crippen molar-refractivity contribution in [2.75, 3.05) is 22.9 Å². The summed E-state index contributed by atoms with van der Waals surface area (Å²) in [5, 5.41) is 8.80. The molecule has 2 saturated heterocycles. The number of imide groups is 1. The van der Waals surface area contributed by atoms with Crippen molar-refractivity contribution in [3.05, 3.63) is 96.6 Å². The van der Waals surface area contributed by atoms with Crippen molar-refractivity contribution in [1.29, 1.82) is 0 Å². The van der Waals surface area contributed by atoms with Gasteiger partial charge in [-0.05, 0) is 72.9 Å². The van der Waals surface area contributed by atoms with E-state index in [1.807, 2.05) is 31.2 Å². The van der Waals surface area contributed by atoms with Gasteiger partial charge in [-0.25, -0.2) is 29.4 Å². The number of likely N-dealkylation sites (tertiary alicyclic amines) is 1. The van der Waals surface area contributed by atoms with E-state index in [1.165, 1.54) is 9.80 Å². The molecule has 11 nitrogen and oxygen atoms in total. The van der Waals surface area contributed by atoms with Crippen LogP contribution in [0.15, 0.2) is 85.3 Å². The number of hydrogen-bond acceptors (Lipinski definition) is 8. The van der Waals surface area contributed by atoms with Gasteiger partial charge in [0, 0.05) is 38.2 Å². The smallest absolute Gasteiger partial charge is 0.449 e. The highest BCUT2D eigenvalue weighted by Gasteiger charge is 2.60. The van der Waals surface area contributed by atoms with Crippen molar-refractivity contribution in [3.8, 4) is 16.9 Å². The second-order valence-corrected chi connectivity index (χ2v) is 10.3. The number of nitrogens with zero attached hydrogens (tertiary/aromatic N) is 6. The second kappa shape index (κ2) is 11.0. The number of carboxylic acid groups (broad SMARTS) is 1. The van der Waals surface area contributed by atoms with Crippen LogP contribution in [0.3, 0.4) is 0 Å². The number of amides is 3. The molecule has 11 heteroatoms. The Balaban J connectivity index is 1.26. The lowest BCUT2D eigenvalue weighted by atomic mass is 9.85. The lowest BCUT2D eigenvalue weighted by Gasteiger charge is -2.41. The quantitative estimate of drug-likeness (QED) is 0.197. The predicted octanol–water partition coefficient (Wildman–Crippen LogP) is 4.91. The number of anilines is 2. The number of rotatable bonds is 6. The van der Waals surface area contributed by atoms with Crippen LogP contribution in [0, 0.1) is 6.92 Å². The lowest BCUT2D eigenvalue weighted by molar-refractivity contribution is -0.123. The van der Waals surface area contributed by atoms with E-state index in [1.54, 1.807) is 61.1 Å². The molecular formula is C31H28N6O5. The van der Waals surface area contributed by atoms with Gasteiger partial charge < -0.3 is 9.84 Å². The fraction of sp³-hybridized carbons (Fsp3) is 0.226. The first-order valence-corrected chi connectivity index (χ1v) is 13.6. The molecule has 0 bridgehead atoms. The number of ether oxygens (including phenoxy) is 1. The maximum atomic E-state index is 14.2. The standard InChI is InChI=1S/C31H28N6O5/c1-21-4-2-15-32-26(21)20-35-18-13-31(14-19-35)27(38)36(29(39)37(31)28-33-16-3-17-34-28)24-9-5-22(6-10-24)23-7-11-25(12-8-23)42-30(40)41/h2-12,15-17H,13-14,18-20H2,1H3,(H,40,41). The topological polar surface area (TPSA) is 129 Å². The molecule has 1 N–H and O–H groups in total. The third kappa shape index (κ3) is 4.94. The van der Waals surface area contributed by atoms with Gasteiger partial charge in [0.15, 0.2) is 0 Å². The normalized spacial score (nSPS) is 16.7. The van der Waals surface area contributed by atoms with Crippen LogP contribution in [-0.2, 0) is 11.3 Å². The van der Waals surface area contributed by atoms with Gasteiger partial charge in [-0.15, -0.1) is 0 Å². The molecule has 4 aromatic rings. The van der Waals surface area contributed by atoms with Crippen LogP contribution >= 0.6 is 0 Å². The summed E-state index contributed by atoms with van der Waals surface area (Å²) in [4.78, 5) is 57.1. The van der Waals surface area contributed by atoms with Crippen molar-refractivity contribution in [2.24, 2.45) is 0 Å². The van der Waals surface area contributed by atoms with Crippen molar-refractivity contribution in [3.63, 3.8) is 0 Å². The van der Waals surface area contributed by atoms with Crippen LogP contribution in [0.4, 0.5) is 21.2 Å². The predicted molar refractivity (Wildman–Crippen MR) is 154 cm³/mol. The molecule has 0 saturated carbocycles. The van der Waals surface area contributed by atoms with Gasteiger partial charge in [-0.1, -0.05) is 30.3 Å².